The maximum Gasteiger partial charge on any atom is 0.258 e. The molecule has 5 nitrogen and oxygen atoms in total. The molecule has 0 radical (unpaired) electrons. The second-order valence-corrected chi connectivity index (χ2v) is 9.27. The number of hydrogen-bond acceptors (Lipinski definition) is 3. The molecule has 8 heteroatoms. The first-order valence-corrected chi connectivity index (χ1v) is 11.0. The van der Waals surface area contributed by atoms with Gasteiger partial charge in [0.1, 0.15) is 5.82 Å². The van der Waals surface area contributed by atoms with E-state index >= 15 is 0 Å². The van der Waals surface area contributed by atoms with Crippen LogP contribution in [0.2, 0.25) is 0 Å². The van der Waals surface area contributed by atoms with E-state index in [1.807, 2.05) is 0 Å². The molecule has 1 heterocycles. The summed E-state index contributed by atoms with van der Waals surface area (Å²) in [5.74, 6) is -1.46. The molecule has 2 aromatic carbocycles. The van der Waals surface area contributed by atoms with Crippen molar-refractivity contribution < 1.29 is 17.6 Å². The van der Waals surface area contributed by atoms with Crippen LogP contribution in [0.1, 0.15) is 36.0 Å². The molecule has 0 spiro atoms. The maximum atomic E-state index is 14.2. The highest BCUT2D eigenvalue weighted by molar-refractivity contribution is 9.10. The Morgan fingerprint density at radius 1 is 1.00 bits per heavy atom. The smallest absolute Gasteiger partial charge is 0.258 e. The van der Waals surface area contributed by atoms with Gasteiger partial charge in [-0.1, -0.05) is 28.8 Å². The van der Waals surface area contributed by atoms with Gasteiger partial charge in [-0.15, -0.1) is 0 Å². The van der Waals surface area contributed by atoms with Crippen molar-refractivity contribution in [1.82, 2.24) is 4.31 Å². The fourth-order valence-electron chi connectivity index (χ4n) is 3.00. The molecule has 3 rings (SSSR count). The summed E-state index contributed by atoms with van der Waals surface area (Å²) < 4.78 is 42.2. The van der Waals surface area contributed by atoms with Crippen molar-refractivity contribution in [2.75, 3.05) is 18.4 Å². The average Bonchev–Trinajstić information content (AvgIpc) is 2.94. The van der Waals surface area contributed by atoms with Crippen molar-refractivity contribution in [3.63, 3.8) is 0 Å². The number of sulfonamides is 1. The Morgan fingerprint density at radius 2 is 1.63 bits per heavy atom. The van der Waals surface area contributed by atoms with Crippen LogP contribution in [0.25, 0.3) is 0 Å². The number of rotatable bonds is 4. The van der Waals surface area contributed by atoms with Crippen molar-refractivity contribution in [2.45, 2.75) is 30.6 Å². The highest BCUT2D eigenvalue weighted by Gasteiger charge is 2.27. The number of halogens is 2. The van der Waals surface area contributed by atoms with Crippen molar-refractivity contribution in [3.05, 3.63) is 58.3 Å². The first-order chi connectivity index (χ1) is 12.9. The lowest BCUT2D eigenvalue weighted by atomic mass is 10.2. The second-order valence-electron chi connectivity index (χ2n) is 6.42. The Morgan fingerprint density at radius 3 is 2.26 bits per heavy atom. The zero-order valence-electron chi connectivity index (χ0n) is 14.6. The monoisotopic (exact) mass is 454 g/mol. The normalized spacial score (nSPS) is 15.9. The van der Waals surface area contributed by atoms with E-state index in [1.165, 1.54) is 10.4 Å². The fraction of sp³-hybridized carbons (Fsp3) is 0.316. The van der Waals surface area contributed by atoms with Crippen LogP contribution in [0, 0.1) is 5.82 Å². The molecule has 27 heavy (non-hydrogen) atoms. The summed E-state index contributed by atoms with van der Waals surface area (Å²) in [6.45, 7) is 0.889. The predicted molar refractivity (Wildman–Crippen MR) is 106 cm³/mol. The van der Waals surface area contributed by atoms with Crippen LogP contribution < -0.4 is 5.32 Å². The molecule has 0 atom stereocenters. The van der Waals surface area contributed by atoms with Crippen molar-refractivity contribution in [3.8, 4) is 0 Å². The minimum absolute atomic E-state index is 0.0632. The van der Waals surface area contributed by atoms with Crippen molar-refractivity contribution in [1.29, 1.82) is 0 Å². The van der Waals surface area contributed by atoms with Crippen LogP contribution in [0.3, 0.4) is 0 Å². The van der Waals surface area contributed by atoms with Crippen LogP contribution in [0.5, 0.6) is 0 Å². The fourth-order valence-corrected chi connectivity index (χ4v) is 4.81. The van der Waals surface area contributed by atoms with E-state index in [0.717, 1.165) is 42.3 Å². The van der Waals surface area contributed by atoms with Gasteiger partial charge in [-0.05, 0) is 55.3 Å². The summed E-state index contributed by atoms with van der Waals surface area (Å²) >= 11 is 3.30. The van der Waals surface area contributed by atoms with Gasteiger partial charge in [0.05, 0.1) is 10.5 Å². The molecule has 1 aliphatic rings. The molecule has 1 amide bonds. The second kappa shape index (κ2) is 8.50. The van der Waals surface area contributed by atoms with Crippen LogP contribution >= 0.6 is 15.9 Å². The van der Waals surface area contributed by atoms with E-state index in [1.54, 1.807) is 24.3 Å². The quantitative estimate of drug-likeness (QED) is 0.743. The SMILES string of the molecule is O=C(Nc1ccc(Br)cc1)c1cc(S(=O)(=O)N2CCCCCC2)ccc1F. The van der Waals surface area contributed by atoms with Gasteiger partial charge >= 0.3 is 0 Å². The van der Waals surface area contributed by atoms with E-state index in [0.29, 0.717) is 18.8 Å². The predicted octanol–water partition coefficient (Wildman–Crippen LogP) is 4.41. The van der Waals surface area contributed by atoms with Gasteiger partial charge in [-0.2, -0.15) is 4.31 Å². The summed E-state index contributed by atoms with van der Waals surface area (Å²) in [5.41, 5.74) is 0.192. The Bertz CT molecular complexity index is 924. The van der Waals surface area contributed by atoms with Crippen LogP contribution in [0.4, 0.5) is 10.1 Å². The molecule has 0 unspecified atom stereocenters. The molecule has 0 saturated carbocycles. The van der Waals surface area contributed by atoms with Crippen LogP contribution in [0.15, 0.2) is 51.8 Å². The van der Waals surface area contributed by atoms with Gasteiger partial charge < -0.3 is 5.32 Å². The summed E-state index contributed by atoms with van der Waals surface area (Å²) in [5, 5.41) is 2.59. The van der Waals surface area contributed by atoms with E-state index in [9.17, 15) is 17.6 Å². The molecule has 0 aromatic heterocycles. The summed E-state index contributed by atoms with van der Waals surface area (Å²) in [4.78, 5) is 12.4. The Hall–Kier alpha value is -1.77. The molecule has 1 fully saturated rings. The molecular weight excluding hydrogens is 435 g/mol. The van der Waals surface area contributed by atoms with Crippen molar-refractivity contribution >= 4 is 37.5 Å². The standard InChI is InChI=1S/C19H20BrFN2O3S/c20-14-5-7-15(8-6-14)22-19(24)17-13-16(9-10-18(17)21)27(25,26)23-11-3-1-2-4-12-23/h5-10,13H,1-4,11-12H2,(H,22,24). The number of nitrogens with zero attached hydrogens (tertiary/aromatic N) is 1. The third kappa shape index (κ3) is 4.75. The lowest BCUT2D eigenvalue weighted by Crippen LogP contribution is -2.32. The number of hydrogen-bond donors (Lipinski definition) is 1. The molecule has 1 saturated heterocycles. The number of benzene rings is 2. The zero-order valence-corrected chi connectivity index (χ0v) is 17.0. The first kappa shape index (κ1) is 20.0. The lowest BCUT2D eigenvalue weighted by molar-refractivity contribution is 0.102. The van der Waals surface area contributed by atoms with E-state index in [-0.39, 0.29) is 10.5 Å². The third-order valence-electron chi connectivity index (χ3n) is 4.49. The average molecular weight is 455 g/mol. The Labute approximate surface area is 166 Å². The van der Waals surface area contributed by atoms with Crippen LogP contribution in [-0.2, 0) is 10.0 Å². The maximum absolute atomic E-state index is 14.2. The summed E-state index contributed by atoms with van der Waals surface area (Å²) in [6.07, 6.45) is 3.60. The molecule has 2 aromatic rings. The highest BCUT2D eigenvalue weighted by atomic mass is 79.9. The van der Waals surface area contributed by atoms with E-state index in [4.69, 9.17) is 0 Å². The molecular formula is C19H20BrFN2O3S. The van der Waals surface area contributed by atoms with Gasteiger partial charge in [-0.3, -0.25) is 4.79 Å². The highest BCUT2D eigenvalue weighted by Crippen LogP contribution is 2.23. The summed E-state index contributed by atoms with van der Waals surface area (Å²) in [7, 11) is -3.76. The van der Waals surface area contributed by atoms with Gasteiger partial charge in [0, 0.05) is 23.2 Å². The number of amides is 1. The zero-order chi connectivity index (χ0) is 19.4. The topological polar surface area (TPSA) is 66.5 Å². The van der Waals surface area contributed by atoms with Crippen LogP contribution in [-0.4, -0.2) is 31.7 Å². The molecule has 1 aliphatic heterocycles. The minimum Gasteiger partial charge on any atom is -0.322 e. The first-order valence-electron chi connectivity index (χ1n) is 8.74. The number of nitrogens with one attached hydrogen (secondary N) is 1. The van der Waals surface area contributed by atoms with Gasteiger partial charge in [-0.25, -0.2) is 12.8 Å². The van der Waals surface area contributed by atoms with Gasteiger partial charge in [0.15, 0.2) is 0 Å². The number of anilines is 1. The molecule has 0 aliphatic carbocycles. The van der Waals surface area contributed by atoms with Gasteiger partial charge in [0.25, 0.3) is 5.91 Å². The Balaban J connectivity index is 1.86. The summed E-state index contributed by atoms with van der Waals surface area (Å²) in [6, 6.07) is 10.2. The lowest BCUT2D eigenvalue weighted by Gasteiger charge is -2.20. The van der Waals surface area contributed by atoms with Crippen molar-refractivity contribution in [2.24, 2.45) is 0 Å². The minimum atomic E-state index is -3.76. The van der Waals surface area contributed by atoms with Gasteiger partial charge in [0.2, 0.25) is 10.0 Å². The largest absolute Gasteiger partial charge is 0.322 e. The molecule has 0 bridgehead atoms. The third-order valence-corrected chi connectivity index (χ3v) is 6.91. The molecule has 1 N–H and O–H groups in total. The Kier molecular flexibility index (Phi) is 6.29. The van der Waals surface area contributed by atoms with E-state index in [2.05, 4.69) is 21.2 Å². The number of carbonyl (C=O) groups excluding carboxylic acids is 1. The molecule has 144 valence electrons. The number of carbonyl (C=O) groups is 1. The van der Waals surface area contributed by atoms with E-state index < -0.39 is 21.7 Å².